The molecule has 0 radical (unpaired) electrons. The Labute approximate surface area is 201 Å². The number of likely N-dealkylation sites (tertiary alicyclic amines) is 1. The van der Waals surface area contributed by atoms with Crippen molar-refractivity contribution in [2.45, 2.75) is 51.1 Å². The van der Waals surface area contributed by atoms with E-state index in [1.165, 1.54) is 6.20 Å². The van der Waals surface area contributed by atoms with Crippen molar-refractivity contribution in [2.75, 3.05) is 18.4 Å². The van der Waals surface area contributed by atoms with E-state index in [4.69, 9.17) is 10.7 Å². The average Bonchev–Trinajstić information content (AvgIpc) is 3.71. The van der Waals surface area contributed by atoms with E-state index in [2.05, 4.69) is 28.5 Å². The van der Waals surface area contributed by atoms with Crippen LogP contribution in [-0.2, 0) is 4.79 Å². The van der Waals surface area contributed by atoms with Gasteiger partial charge in [-0.15, -0.1) is 0 Å². The maximum Gasteiger partial charge on any atom is 0.252 e. The van der Waals surface area contributed by atoms with Crippen molar-refractivity contribution in [2.24, 2.45) is 17.1 Å². The lowest BCUT2D eigenvalue weighted by molar-refractivity contribution is -0.134. The van der Waals surface area contributed by atoms with Gasteiger partial charge in [-0.1, -0.05) is 6.92 Å². The van der Waals surface area contributed by atoms with Gasteiger partial charge in [0, 0.05) is 30.9 Å². The Bertz CT molecular complexity index is 1380. The van der Waals surface area contributed by atoms with Crippen molar-refractivity contribution < 1.29 is 9.59 Å². The third-order valence-electron chi connectivity index (χ3n) is 7.53. The lowest BCUT2D eigenvalue weighted by Gasteiger charge is -2.21. The SMILES string of the molecule is CC[C@@H]1CN(C(=O)C2(C#N)CC2)C[C@H]1Nc1c(C(N)=O)cnn2cc(-c3cnn(C4CC4)c3)nc12. The highest BCUT2D eigenvalue weighted by Crippen LogP contribution is 2.47. The van der Waals surface area contributed by atoms with E-state index in [0.29, 0.717) is 49.0 Å². The lowest BCUT2D eigenvalue weighted by Crippen LogP contribution is -2.36. The molecular weight excluding hydrogens is 446 g/mol. The highest BCUT2D eigenvalue weighted by molar-refractivity contribution is 6.01. The van der Waals surface area contributed by atoms with Crippen LogP contribution in [0.2, 0.25) is 0 Å². The standard InChI is InChI=1S/C24H27N9O2/c1-2-14-9-31(23(35)24(13-25)5-6-24)11-18(14)29-20-17(21(26)34)8-28-33-12-19(30-22(20)33)15-7-27-32(10-15)16-3-4-16/h7-8,10,12,14,16,18,29H,2-6,9,11H2,1H3,(H2,26,34)/t14-,18-/m1/s1. The number of anilines is 1. The van der Waals surface area contributed by atoms with Gasteiger partial charge in [-0.2, -0.15) is 15.5 Å². The van der Waals surface area contributed by atoms with E-state index in [1.54, 1.807) is 15.6 Å². The molecule has 2 amide bonds. The van der Waals surface area contributed by atoms with Gasteiger partial charge in [-0.25, -0.2) is 9.50 Å². The molecule has 35 heavy (non-hydrogen) atoms. The van der Waals surface area contributed by atoms with Crippen LogP contribution in [0.1, 0.15) is 55.4 Å². The first-order valence-corrected chi connectivity index (χ1v) is 12.1. The maximum absolute atomic E-state index is 13.0. The summed E-state index contributed by atoms with van der Waals surface area (Å²) >= 11 is 0. The van der Waals surface area contributed by atoms with Crippen LogP contribution >= 0.6 is 0 Å². The molecular formula is C24H27N9O2. The van der Waals surface area contributed by atoms with E-state index < -0.39 is 11.3 Å². The highest BCUT2D eigenvalue weighted by Gasteiger charge is 2.54. The summed E-state index contributed by atoms with van der Waals surface area (Å²) in [5, 5.41) is 21.8. The van der Waals surface area contributed by atoms with Crippen LogP contribution < -0.4 is 11.1 Å². The number of rotatable bonds is 7. The smallest absolute Gasteiger partial charge is 0.252 e. The lowest BCUT2D eigenvalue weighted by atomic mass is 10.0. The highest BCUT2D eigenvalue weighted by atomic mass is 16.2. The Hall–Kier alpha value is -3.94. The van der Waals surface area contributed by atoms with Crippen molar-refractivity contribution in [3.05, 3.63) is 30.4 Å². The number of fused-ring (bicyclic) bond motifs is 1. The van der Waals surface area contributed by atoms with Crippen molar-refractivity contribution in [1.82, 2.24) is 29.3 Å². The molecule has 0 unspecified atom stereocenters. The van der Waals surface area contributed by atoms with Crippen LogP contribution in [0.15, 0.2) is 24.8 Å². The van der Waals surface area contributed by atoms with Crippen molar-refractivity contribution in [1.29, 1.82) is 5.26 Å². The second kappa shape index (κ2) is 7.80. The molecule has 2 saturated carbocycles. The zero-order valence-electron chi connectivity index (χ0n) is 19.5. The minimum Gasteiger partial charge on any atom is -0.376 e. The van der Waals surface area contributed by atoms with Gasteiger partial charge < -0.3 is 16.0 Å². The first kappa shape index (κ1) is 21.6. The van der Waals surface area contributed by atoms with Gasteiger partial charge in [0.15, 0.2) is 5.65 Å². The van der Waals surface area contributed by atoms with Gasteiger partial charge in [-0.3, -0.25) is 14.3 Å². The number of aromatic nitrogens is 5. The Morgan fingerprint density at radius 3 is 2.69 bits per heavy atom. The van der Waals surface area contributed by atoms with Gasteiger partial charge in [0.05, 0.1) is 47.6 Å². The molecule has 0 bridgehead atoms. The molecule has 11 heteroatoms. The summed E-state index contributed by atoms with van der Waals surface area (Å²) in [7, 11) is 0. The Kier molecular flexibility index (Phi) is 4.81. The van der Waals surface area contributed by atoms with Gasteiger partial charge in [0.1, 0.15) is 5.41 Å². The summed E-state index contributed by atoms with van der Waals surface area (Å²) in [6.07, 6.45) is 11.4. The first-order valence-electron chi connectivity index (χ1n) is 12.1. The zero-order chi connectivity index (χ0) is 24.3. The quantitative estimate of drug-likeness (QED) is 0.533. The number of nitrogens with zero attached hydrogens (tertiary/aromatic N) is 7. The number of hydrogen-bond acceptors (Lipinski definition) is 7. The van der Waals surface area contributed by atoms with E-state index in [-0.39, 0.29) is 23.4 Å². The third-order valence-corrected chi connectivity index (χ3v) is 7.53. The first-order chi connectivity index (χ1) is 16.9. The minimum atomic E-state index is -0.849. The molecule has 6 rings (SSSR count). The fourth-order valence-corrected chi connectivity index (χ4v) is 5.01. The molecule has 0 aromatic carbocycles. The number of imidazole rings is 1. The number of hydrogen-bond donors (Lipinski definition) is 2. The third kappa shape index (κ3) is 3.60. The molecule has 0 spiro atoms. The molecule has 1 saturated heterocycles. The molecule has 2 atom stereocenters. The monoisotopic (exact) mass is 473 g/mol. The van der Waals surface area contributed by atoms with Crippen molar-refractivity contribution >= 4 is 23.1 Å². The maximum atomic E-state index is 13.0. The van der Waals surface area contributed by atoms with E-state index in [9.17, 15) is 14.9 Å². The van der Waals surface area contributed by atoms with Gasteiger partial charge >= 0.3 is 0 Å². The van der Waals surface area contributed by atoms with Crippen LogP contribution in [0, 0.1) is 22.7 Å². The van der Waals surface area contributed by atoms with Gasteiger partial charge in [0.2, 0.25) is 5.91 Å². The number of carbonyl (C=O) groups is 2. The summed E-state index contributed by atoms with van der Waals surface area (Å²) in [6, 6.07) is 2.56. The minimum absolute atomic E-state index is 0.0893. The van der Waals surface area contributed by atoms with E-state index in [1.807, 2.05) is 17.1 Å². The molecule has 11 nitrogen and oxygen atoms in total. The van der Waals surface area contributed by atoms with E-state index in [0.717, 1.165) is 24.8 Å². The summed E-state index contributed by atoms with van der Waals surface area (Å²) < 4.78 is 3.59. The number of nitrogens with one attached hydrogen (secondary N) is 1. The molecule has 3 fully saturated rings. The Morgan fingerprint density at radius 2 is 2.03 bits per heavy atom. The number of nitrogens with two attached hydrogens (primary N) is 1. The zero-order valence-corrected chi connectivity index (χ0v) is 19.5. The van der Waals surface area contributed by atoms with Crippen molar-refractivity contribution in [3.63, 3.8) is 0 Å². The molecule has 3 N–H and O–H groups in total. The molecule has 2 aliphatic carbocycles. The van der Waals surface area contributed by atoms with Crippen LogP contribution in [0.3, 0.4) is 0 Å². The summed E-state index contributed by atoms with van der Waals surface area (Å²) in [6.45, 7) is 3.10. The van der Waals surface area contributed by atoms with E-state index >= 15 is 0 Å². The number of carbonyl (C=O) groups excluding carboxylic acids is 2. The summed E-state index contributed by atoms with van der Waals surface area (Å²) in [5.41, 5.74) is 7.68. The molecule has 1 aliphatic heterocycles. The fraction of sp³-hybridized carbons (Fsp3) is 0.500. The van der Waals surface area contributed by atoms with Crippen LogP contribution in [-0.4, -0.2) is 60.2 Å². The molecule has 3 aromatic heterocycles. The van der Waals surface area contributed by atoms with Crippen molar-refractivity contribution in [3.8, 4) is 17.3 Å². The molecule has 4 heterocycles. The topological polar surface area (TPSA) is 147 Å². The largest absolute Gasteiger partial charge is 0.376 e. The Balaban J connectivity index is 1.33. The second-order valence-corrected chi connectivity index (χ2v) is 9.96. The number of primary amides is 1. The molecule has 3 aromatic rings. The van der Waals surface area contributed by atoms with Gasteiger partial charge in [0.25, 0.3) is 5.91 Å². The molecule has 180 valence electrons. The summed E-state index contributed by atoms with van der Waals surface area (Å²) in [5.74, 6) is -0.531. The number of nitriles is 1. The van der Waals surface area contributed by atoms with Gasteiger partial charge in [-0.05, 0) is 38.0 Å². The summed E-state index contributed by atoms with van der Waals surface area (Å²) in [4.78, 5) is 31.9. The predicted molar refractivity (Wildman–Crippen MR) is 126 cm³/mol. The Morgan fingerprint density at radius 1 is 1.23 bits per heavy atom. The van der Waals surface area contributed by atoms with Crippen LogP contribution in [0.4, 0.5) is 5.69 Å². The normalized spacial score (nSPS) is 22.8. The number of amides is 2. The predicted octanol–water partition coefficient (Wildman–Crippen LogP) is 1.98. The van der Waals surface area contributed by atoms with Crippen LogP contribution in [0.5, 0.6) is 0 Å². The van der Waals surface area contributed by atoms with Crippen LogP contribution in [0.25, 0.3) is 16.9 Å². The molecule has 3 aliphatic rings. The average molecular weight is 474 g/mol. The fourth-order valence-electron chi connectivity index (χ4n) is 5.01. The second-order valence-electron chi connectivity index (χ2n) is 9.96.